The summed E-state index contributed by atoms with van der Waals surface area (Å²) >= 11 is 0. The van der Waals surface area contributed by atoms with Gasteiger partial charge in [0, 0.05) is 18.9 Å². The maximum Gasteiger partial charge on any atom is 0.440 e. The summed E-state index contributed by atoms with van der Waals surface area (Å²) in [6.07, 6.45) is 2.70. The van der Waals surface area contributed by atoms with Crippen LogP contribution < -0.4 is 0 Å². The van der Waals surface area contributed by atoms with Gasteiger partial charge in [0.05, 0.1) is 75.0 Å². The summed E-state index contributed by atoms with van der Waals surface area (Å²) in [5, 5.41) is 0. The largest absolute Gasteiger partial charge is 0.440 e. The van der Waals surface area contributed by atoms with E-state index in [1.54, 1.807) is 31.4 Å². The van der Waals surface area contributed by atoms with Crippen LogP contribution in [0.15, 0.2) is 40.0 Å². The molecule has 1 aromatic rings. The van der Waals surface area contributed by atoms with Crippen LogP contribution in [0.2, 0.25) is 0 Å². The van der Waals surface area contributed by atoms with Crippen LogP contribution in [0.4, 0.5) is 0 Å². The SMILES string of the molecule is CC[C@H]1O[C@@H](C)[C@@H](C)C1O[P@@](=NC1=[N+](C)CCN1C)(OC[C@H]1O[C@@H](C)[C@@H](C)C1OC)O[C@H](CS(=O)(=O)c1ccccc1)C1CCCC1. The van der Waals surface area contributed by atoms with Crippen LogP contribution in [0.3, 0.4) is 0 Å². The Balaban J connectivity index is 1.61. The summed E-state index contributed by atoms with van der Waals surface area (Å²) in [4.78, 5) is 2.35. The van der Waals surface area contributed by atoms with E-state index in [1.807, 2.05) is 27.1 Å². The minimum atomic E-state index is -3.70. The quantitative estimate of drug-likeness (QED) is 0.192. The molecule has 11 nitrogen and oxygen atoms in total. The average Bonchev–Trinajstić information content (AvgIpc) is 3.82. The molecule has 0 amide bonds. The van der Waals surface area contributed by atoms with Crippen LogP contribution in [0.5, 0.6) is 0 Å². The van der Waals surface area contributed by atoms with Gasteiger partial charge in [-0.05, 0) is 55.9 Å². The van der Waals surface area contributed by atoms with Crippen LogP contribution >= 0.6 is 7.74 Å². The Kier molecular flexibility index (Phi) is 12.3. The van der Waals surface area contributed by atoms with E-state index in [-0.39, 0.29) is 71.6 Å². The van der Waals surface area contributed by atoms with Gasteiger partial charge in [0.2, 0.25) is 0 Å². The molecule has 2 saturated heterocycles. The molecule has 0 radical (unpaired) electrons. The zero-order valence-electron chi connectivity index (χ0n) is 29.5. The van der Waals surface area contributed by atoms with Gasteiger partial charge in [-0.2, -0.15) is 0 Å². The van der Waals surface area contributed by atoms with E-state index in [2.05, 4.69) is 37.2 Å². The van der Waals surface area contributed by atoms with Crippen molar-refractivity contribution in [2.75, 3.05) is 46.7 Å². The van der Waals surface area contributed by atoms with Gasteiger partial charge in [-0.3, -0.25) is 23.0 Å². The third-order valence-corrected chi connectivity index (χ3v) is 14.4. The van der Waals surface area contributed by atoms with E-state index in [4.69, 9.17) is 32.5 Å². The Morgan fingerprint density at radius 1 is 1.02 bits per heavy atom. The van der Waals surface area contributed by atoms with E-state index in [9.17, 15) is 8.42 Å². The first-order valence-corrected chi connectivity index (χ1v) is 20.6. The molecule has 5 rings (SSSR count). The van der Waals surface area contributed by atoms with Crippen molar-refractivity contribution in [3.8, 4) is 0 Å². The first-order valence-electron chi connectivity index (χ1n) is 17.4. The van der Waals surface area contributed by atoms with Crippen LogP contribution in [-0.4, -0.2) is 113 Å². The van der Waals surface area contributed by atoms with Gasteiger partial charge in [-0.15, -0.1) is 0 Å². The lowest BCUT2D eigenvalue weighted by Crippen LogP contribution is -2.36. The van der Waals surface area contributed by atoms with Crippen molar-refractivity contribution in [1.82, 2.24) is 4.90 Å². The molecular formula is C34H57N3O8PS+. The fourth-order valence-electron chi connectivity index (χ4n) is 7.39. The number of hydrogen-bond acceptors (Lipinski definition) is 10. The molecule has 13 heteroatoms. The van der Waals surface area contributed by atoms with E-state index in [1.165, 1.54) is 0 Å². The van der Waals surface area contributed by atoms with Gasteiger partial charge in [-0.1, -0.05) is 51.8 Å². The van der Waals surface area contributed by atoms with Gasteiger partial charge < -0.3 is 14.2 Å². The normalized spacial score (nSPS) is 33.9. The topological polar surface area (TPSA) is 108 Å². The van der Waals surface area contributed by atoms with Gasteiger partial charge in [0.25, 0.3) is 0 Å². The zero-order valence-corrected chi connectivity index (χ0v) is 31.2. The van der Waals surface area contributed by atoms with Gasteiger partial charge in [0.1, 0.15) is 12.2 Å². The summed E-state index contributed by atoms with van der Waals surface area (Å²) in [7, 11) is -1.68. The molecule has 1 aromatic carbocycles. The van der Waals surface area contributed by atoms with Crippen molar-refractivity contribution in [2.24, 2.45) is 22.5 Å². The fraction of sp³-hybridized carbons (Fsp3) is 0.794. The highest BCUT2D eigenvalue weighted by Gasteiger charge is 2.50. The summed E-state index contributed by atoms with van der Waals surface area (Å²) in [5.41, 5.74) is 0. The second-order valence-corrected chi connectivity index (χ2v) is 17.8. The van der Waals surface area contributed by atoms with Crippen LogP contribution in [-0.2, 0) is 37.6 Å². The molecule has 0 spiro atoms. The molecule has 0 N–H and O–H groups in total. The minimum Gasteiger partial charge on any atom is -0.378 e. The molecule has 47 heavy (non-hydrogen) atoms. The summed E-state index contributed by atoms with van der Waals surface area (Å²) in [6.45, 7) is 12.1. The molecule has 2 unspecified atom stereocenters. The van der Waals surface area contributed by atoms with Crippen LogP contribution in [0.1, 0.15) is 66.7 Å². The average molecular weight is 699 g/mol. The predicted molar refractivity (Wildman–Crippen MR) is 182 cm³/mol. The van der Waals surface area contributed by atoms with Crippen molar-refractivity contribution >= 4 is 23.5 Å². The molecular weight excluding hydrogens is 641 g/mol. The standard InChI is InChI=1S/C34H57N3O8PS/c1-9-29-33(24(3)26(5)42-29)45-46(35-34-36(6)19-20-37(34)7,41-21-30-32(40-8)23(2)25(4)43-30)44-31(27-15-13-14-16-27)22-47(38,39)28-17-11-10-12-18-28/h10-12,17-18,23-27,29-33H,9,13-16,19-22H2,1-8H3/q+1/t23-,24-,25+,26+,29-,30-,31-,32?,33?,46+/m1/s1. The Bertz CT molecular complexity index is 1390. The third kappa shape index (κ3) is 8.34. The van der Waals surface area contributed by atoms with Crippen LogP contribution in [0.25, 0.3) is 0 Å². The third-order valence-electron chi connectivity index (χ3n) is 10.7. The summed E-state index contributed by atoms with van der Waals surface area (Å²) in [5.74, 6) is 0.730. The second kappa shape index (κ2) is 15.7. The van der Waals surface area contributed by atoms with Crippen molar-refractivity contribution in [1.29, 1.82) is 0 Å². The number of likely N-dealkylation sites (N-methyl/N-ethyl adjacent to an activating group) is 2. The lowest BCUT2D eigenvalue weighted by Gasteiger charge is -2.33. The molecule has 0 aromatic heterocycles. The maximum absolute atomic E-state index is 13.9. The molecule has 3 aliphatic heterocycles. The Morgan fingerprint density at radius 3 is 2.26 bits per heavy atom. The number of benzene rings is 1. The predicted octanol–water partition coefficient (Wildman–Crippen LogP) is 5.60. The smallest absolute Gasteiger partial charge is 0.378 e. The highest BCUT2D eigenvalue weighted by molar-refractivity contribution is 7.91. The first kappa shape index (κ1) is 36.9. The highest BCUT2D eigenvalue weighted by Crippen LogP contribution is 2.59. The summed E-state index contributed by atoms with van der Waals surface area (Å²) in [6, 6.07) is 8.62. The maximum atomic E-state index is 13.9. The molecule has 1 saturated carbocycles. The number of rotatable bonds is 13. The number of methoxy groups -OCH3 is 1. The Hall–Kier alpha value is -1.37. The van der Waals surface area contributed by atoms with E-state index in [0.29, 0.717) is 5.96 Å². The van der Waals surface area contributed by atoms with Crippen LogP contribution in [0, 0.1) is 17.8 Å². The Labute approximate surface area is 282 Å². The lowest BCUT2D eigenvalue weighted by atomic mass is 9.98. The molecule has 266 valence electrons. The molecule has 3 heterocycles. The zero-order chi connectivity index (χ0) is 33.9. The van der Waals surface area contributed by atoms with E-state index < -0.39 is 23.7 Å². The number of sulfone groups is 1. The molecule has 4 aliphatic rings. The number of ether oxygens (including phenoxy) is 3. The molecule has 0 bridgehead atoms. The van der Waals surface area contributed by atoms with Gasteiger partial charge in [-0.25, -0.2) is 8.42 Å². The fourth-order valence-corrected chi connectivity index (χ4v) is 11.4. The molecule has 3 fully saturated rings. The first-order chi connectivity index (χ1) is 22.4. The highest BCUT2D eigenvalue weighted by atomic mass is 32.2. The molecule has 1 aliphatic carbocycles. The second-order valence-electron chi connectivity index (χ2n) is 13.9. The van der Waals surface area contributed by atoms with Crippen molar-refractivity contribution in [3.05, 3.63) is 30.3 Å². The van der Waals surface area contributed by atoms with Gasteiger partial charge >= 0.3 is 13.7 Å². The summed E-state index contributed by atoms with van der Waals surface area (Å²) < 4.78 is 75.0. The number of guanidine groups is 1. The van der Waals surface area contributed by atoms with Crippen molar-refractivity contribution < 1.29 is 40.8 Å². The van der Waals surface area contributed by atoms with E-state index in [0.717, 1.165) is 45.2 Å². The van der Waals surface area contributed by atoms with Crippen molar-refractivity contribution in [2.45, 2.75) is 114 Å². The number of nitrogens with zero attached hydrogens (tertiary/aromatic N) is 3. The van der Waals surface area contributed by atoms with Gasteiger partial charge in [0.15, 0.2) is 9.84 Å². The van der Waals surface area contributed by atoms with Crippen molar-refractivity contribution in [3.63, 3.8) is 0 Å². The minimum absolute atomic E-state index is 0.0163. The lowest BCUT2D eigenvalue weighted by molar-refractivity contribution is -0.487. The van der Waals surface area contributed by atoms with E-state index >= 15 is 0 Å². The molecule has 10 atom stereocenters. The monoisotopic (exact) mass is 698 g/mol. The Morgan fingerprint density at radius 2 is 1.66 bits per heavy atom. The number of hydrogen-bond donors (Lipinski definition) is 0.